The molecule has 1 amide bonds. The molecule has 1 aliphatic carbocycles. The Balaban J connectivity index is 1.52. The minimum Gasteiger partial charge on any atom is -0.310 e. The van der Waals surface area contributed by atoms with E-state index in [0.717, 1.165) is 31.1 Å². The lowest BCUT2D eigenvalue weighted by molar-refractivity contribution is -0.121. The van der Waals surface area contributed by atoms with Crippen molar-refractivity contribution in [3.63, 3.8) is 0 Å². The molecule has 1 fully saturated rings. The molecule has 2 heterocycles. The largest absolute Gasteiger partial charge is 0.310 e. The Morgan fingerprint density at radius 1 is 1.14 bits per heavy atom. The van der Waals surface area contributed by atoms with Crippen molar-refractivity contribution in [3.05, 3.63) is 42.6 Å². The highest BCUT2D eigenvalue weighted by Gasteiger charge is 2.27. The summed E-state index contributed by atoms with van der Waals surface area (Å²) in [6.45, 7) is 0. The number of amides is 1. The van der Waals surface area contributed by atoms with Gasteiger partial charge >= 0.3 is 0 Å². The maximum Gasteiger partial charge on any atom is 0.228 e. The van der Waals surface area contributed by atoms with Crippen LogP contribution in [0.2, 0.25) is 0 Å². The summed E-state index contributed by atoms with van der Waals surface area (Å²) in [5.41, 5.74) is 1.20. The van der Waals surface area contributed by atoms with Crippen LogP contribution in [-0.4, -0.2) is 45.7 Å². The minimum atomic E-state index is -0.318. The molecule has 0 atom stereocenters. The number of carbonyl (C=O) groups is 1. The zero-order valence-corrected chi connectivity index (χ0v) is 17.0. The number of aryl methyl sites for hydroxylation is 1. The molecular weight excluding hydrogens is 369 g/mol. The van der Waals surface area contributed by atoms with Crippen molar-refractivity contribution in [2.24, 2.45) is 13.0 Å². The predicted molar refractivity (Wildman–Crippen MR) is 112 cm³/mol. The van der Waals surface area contributed by atoms with Crippen molar-refractivity contribution in [2.45, 2.75) is 31.7 Å². The third-order valence-electron chi connectivity index (χ3n) is 5.87. The summed E-state index contributed by atoms with van der Waals surface area (Å²) in [5, 5.41) is 8.59. The molecule has 4 rings (SSSR count). The maximum atomic E-state index is 14.5. The molecule has 0 radical (unpaired) electrons. The van der Waals surface area contributed by atoms with Crippen LogP contribution in [0.15, 0.2) is 36.8 Å². The average Bonchev–Trinajstić information content (AvgIpc) is 3.13. The molecule has 7 heteroatoms. The first kappa shape index (κ1) is 19.5. The molecule has 0 unspecified atom stereocenters. The fourth-order valence-corrected chi connectivity index (χ4v) is 4.10. The number of fused-ring (bicyclic) bond motifs is 1. The molecule has 1 aliphatic rings. The molecule has 6 nitrogen and oxygen atoms in total. The smallest absolute Gasteiger partial charge is 0.228 e. The third-order valence-corrected chi connectivity index (χ3v) is 5.87. The van der Waals surface area contributed by atoms with Crippen LogP contribution < -0.4 is 5.32 Å². The molecule has 0 spiro atoms. The second kappa shape index (κ2) is 7.91. The number of hydrogen-bond acceptors (Lipinski definition) is 4. The molecular formula is C22H26FN5O. The summed E-state index contributed by atoms with van der Waals surface area (Å²) >= 11 is 0. The SMILES string of the molecule is Cn1cc(-c2cc3cc(NC(=O)[C@H]4CC[C@H](N(C)C)CC4)ncc3cc2F)cn1. The standard InChI is InChI=1S/C22H26FN5O/c1-27(2)18-6-4-14(5-7-18)22(29)26-21-10-15-8-19(17-12-25-28(3)13-17)20(23)9-16(15)11-24-21/h8-14,18H,4-7H2,1-3H3,(H,24,26,29)/t14-,18-. The van der Waals surface area contributed by atoms with Crippen molar-refractivity contribution < 1.29 is 9.18 Å². The number of rotatable bonds is 4. The van der Waals surface area contributed by atoms with Gasteiger partial charge in [-0.2, -0.15) is 5.10 Å². The Morgan fingerprint density at radius 2 is 1.90 bits per heavy atom. The molecule has 1 aromatic carbocycles. The van der Waals surface area contributed by atoms with Crippen molar-refractivity contribution >= 4 is 22.5 Å². The van der Waals surface area contributed by atoms with Crippen LogP contribution in [0, 0.1) is 11.7 Å². The van der Waals surface area contributed by atoms with E-state index in [1.807, 2.05) is 0 Å². The van der Waals surface area contributed by atoms with Crippen LogP contribution in [0.25, 0.3) is 21.9 Å². The fraction of sp³-hybridized carbons (Fsp3) is 0.409. The Morgan fingerprint density at radius 3 is 2.55 bits per heavy atom. The van der Waals surface area contributed by atoms with E-state index >= 15 is 0 Å². The van der Waals surface area contributed by atoms with Crippen LogP contribution in [0.3, 0.4) is 0 Å². The monoisotopic (exact) mass is 395 g/mol. The maximum absolute atomic E-state index is 14.5. The Hall–Kier alpha value is -2.80. The minimum absolute atomic E-state index is 0.0165. The Kier molecular flexibility index (Phi) is 5.32. The van der Waals surface area contributed by atoms with Gasteiger partial charge in [0.25, 0.3) is 0 Å². The molecule has 0 saturated heterocycles. The molecule has 2 aromatic heterocycles. The van der Waals surface area contributed by atoms with Crippen LogP contribution in [0.5, 0.6) is 0 Å². The Bertz CT molecular complexity index is 1040. The molecule has 152 valence electrons. The van der Waals surface area contributed by atoms with Crippen LogP contribution in [0.4, 0.5) is 10.2 Å². The van der Waals surface area contributed by atoms with Gasteiger partial charge < -0.3 is 10.2 Å². The van der Waals surface area contributed by atoms with E-state index < -0.39 is 0 Å². The first-order chi connectivity index (χ1) is 13.9. The number of carbonyl (C=O) groups excluding carboxylic acids is 1. The number of pyridine rings is 1. The Labute approximate surface area is 169 Å². The number of nitrogens with one attached hydrogen (secondary N) is 1. The highest BCUT2D eigenvalue weighted by Crippen LogP contribution is 2.30. The van der Waals surface area contributed by atoms with Crippen LogP contribution in [-0.2, 0) is 11.8 Å². The van der Waals surface area contributed by atoms with Gasteiger partial charge in [0, 0.05) is 47.9 Å². The van der Waals surface area contributed by atoms with Gasteiger partial charge in [0.2, 0.25) is 5.91 Å². The molecule has 1 saturated carbocycles. The van der Waals surface area contributed by atoms with Gasteiger partial charge in [-0.05, 0) is 63.4 Å². The van der Waals surface area contributed by atoms with Crippen molar-refractivity contribution in [2.75, 3.05) is 19.4 Å². The quantitative estimate of drug-likeness (QED) is 0.729. The topological polar surface area (TPSA) is 63.1 Å². The van der Waals surface area contributed by atoms with Crippen molar-refractivity contribution in [3.8, 4) is 11.1 Å². The third kappa shape index (κ3) is 4.15. The number of halogens is 1. The summed E-state index contributed by atoms with van der Waals surface area (Å²) in [5.74, 6) is 0.217. The summed E-state index contributed by atoms with van der Waals surface area (Å²) in [7, 11) is 5.98. The van der Waals surface area contributed by atoms with Crippen LogP contribution >= 0.6 is 0 Å². The van der Waals surface area contributed by atoms with E-state index in [9.17, 15) is 9.18 Å². The zero-order chi connectivity index (χ0) is 20.5. The fourth-order valence-electron chi connectivity index (χ4n) is 4.10. The lowest BCUT2D eigenvalue weighted by Crippen LogP contribution is -2.35. The van der Waals surface area contributed by atoms with Gasteiger partial charge in [-0.25, -0.2) is 9.37 Å². The lowest BCUT2D eigenvalue weighted by Gasteiger charge is -2.31. The van der Waals surface area contributed by atoms with Gasteiger partial charge in [0.1, 0.15) is 11.6 Å². The molecule has 1 N–H and O–H groups in total. The number of anilines is 1. The van der Waals surface area contributed by atoms with Crippen LogP contribution in [0.1, 0.15) is 25.7 Å². The molecule has 3 aromatic rings. The normalized spacial score (nSPS) is 19.6. The molecule has 29 heavy (non-hydrogen) atoms. The van der Waals surface area contributed by atoms with Gasteiger partial charge in [0.15, 0.2) is 0 Å². The van der Waals surface area contributed by atoms with E-state index in [-0.39, 0.29) is 17.6 Å². The van der Waals surface area contributed by atoms with Crippen molar-refractivity contribution in [1.29, 1.82) is 0 Å². The number of nitrogens with zero attached hydrogens (tertiary/aromatic N) is 4. The van der Waals surface area contributed by atoms with E-state index in [2.05, 4.69) is 34.4 Å². The zero-order valence-electron chi connectivity index (χ0n) is 17.0. The molecule has 0 bridgehead atoms. The van der Waals surface area contributed by atoms with E-state index in [1.165, 1.54) is 6.07 Å². The van der Waals surface area contributed by atoms with Gasteiger partial charge in [-0.3, -0.25) is 9.48 Å². The number of benzene rings is 1. The summed E-state index contributed by atoms with van der Waals surface area (Å²) in [6.07, 6.45) is 8.85. The highest BCUT2D eigenvalue weighted by atomic mass is 19.1. The predicted octanol–water partition coefficient (Wildman–Crippen LogP) is 3.83. The second-order valence-electron chi connectivity index (χ2n) is 8.11. The van der Waals surface area contributed by atoms with E-state index in [0.29, 0.717) is 28.4 Å². The first-order valence-corrected chi connectivity index (χ1v) is 9.96. The summed E-state index contributed by atoms with van der Waals surface area (Å²) < 4.78 is 16.2. The average molecular weight is 395 g/mol. The summed E-state index contributed by atoms with van der Waals surface area (Å²) in [4.78, 5) is 19.2. The second-order valence-corrected chi connectivity index (χ2v) is 8.11. The number of aromatic nitrogens is 3. The van der Waals surface area contributed by atoms with Gasteiger partial charge in [-0.15, -0.1) is 0 Å². The first-order valence-electron chi connectivity index (χ1n) is 9.96. The van der Waals surface area contributed by atoms with Gasteiger partial charge in [0.05, 0.1) is 6.20 Å². The lowest BCUT2D eigenvalue weighted by atomic mass is 9.85. The highest BCUT2D eigenvalue weighted by molar-refractivity contribution is 5.95. The van der Waals surface area contributed by atoms with E-state index in [4.69, 9.17) is 0 Å². The van der Waals surface area contributed by atoms with E-state index in [1.54, 1.807) is 42.5 Å². The van der Waals surface area contributed by atoms with Gasteiger partial charge in [-0.1, -0.05) is 0 Å². The number of hydrogen-bond donors (Lipinski definition) is 1. The van der Waals surface area contributed by atoms with Crippen molar-refractivity contribution in [1.82, 2.24) is 19.7 Å². The summed E-state index contributed by atoms with van der Waals surface area (Å²) in [6, 6.07) is 5.61. The molecule has 0 aliphatic heterocycles.